The molecule has 0 atom stereocenters. The monoisotopic (exact) mass is 261 g/mol. The number of rotatable bonds is 5. The van der Waals surface area contributed by atoms with Crippen LogP contribution < -0.4 is 10.2 Å². The Hall–Kier alpha value is -0.670. The first-order valence-electron chi connectivity index (χ1n) is 5.48. The molecule has 90 valence electrons. The third-order valence-corrected chi connectivity index (χ3v) is 2.88. The summed E-state index contributed by atoms with van der Waals surface area (Å²) in [5.41, 5.74) is 0. The van der Waals surface area contributed by atoms with Crippen LogP contribution in [-0.2, 0) is 0 Å². The summed E-state index contributed by atoms with van der Waals surface area (Å²) in [6.45, 7) is 8.68. The average molecular weight is 262 g/mol. The van der Waals surface area contributed by atoms with Crippen LogP contribution in [0.4, 0.5) is 11.6 Å². The summed E-state index contributed by atoms with van der Waals surface area (Å²) in [4.78, 5) is 6.55. The van der Waals surface area contributed by atoms with Crippen LogP contribution in [0.2, 0.25) is 10.0 Å². The number of nitrogens with one attached hydrogen (secondary N) is 1. The molecular formula is C11H17Cl2N3. The molecule has 1 aromatic heterocycles. The topological polar surface area (TPSA) is 28.2 Å². The van der Waals surface area contributed by atoms with Crippen molar-refractivity contribution in [2.75, 3.05) is 29.9 Å². The number of halogens is 2. The predicted octanol–water partition coefficient (Wildman–Crippen LogP) is 3.67. The van der Waals surface area contributed by atoms with Crippen molar-refractivity contribution in [2.24, 2.45) is 0 Å². The van der Waals surface area contributed by atoms with Gasteiger partial charge in [0.2, 0.25) is 0 Å². The molecule has 1 aromatic rings. The van der Waals surface area contributed by atoms with Crippen molar-refractivity contribution >= 4 is 34.8 Å². The zero-order valence-electron chi connectivity index (χ0n) is 9.85. The van der Waals surface area contributed by atoms with Gasteiger partial charge < -0.3 is 10.2 Å². The van der Waals surface area contributed by atoms with E-state index in [0.717, 1.165) is 25.5 Å². The number of aromatic nitrogens is 1. The number of nitrogens with zero attached hydrogens (tertiary/aromatic N) is 2. The maximum absolute atomic E-state index is 6.14. The lowest BCUT2D eigenvalue weighted by Crippen LogP contribution is -2.23. The molecule has 1 rings (SSSR count). The minimum absolute atomic E-state index is 0.558. The van der Waals surface area contributed by atoms with E-state index in [-0.39, 0.29) is 0 Å². The molecular weight excluding hydrogens is 245 g/mol. The minimum atomic E-state index is 0.558. The van der Waals surface area contributed by atoms with Gasteiger partial charge in [-0.1, -0.05) is 23.2 Å². The van der Waals surface area contributed by atoms with Gasteiger partial charge in [0.15, 0.2) is 0 Å². The van der Waals surface area contributed by atoms with Crippen molar-refractivity contribution in [3.05, 3.63) is 16.1 Å². The lowest BCUT2D eigenvalue weighted by atomic mass is 10.4. The van der Waals surface area contributed by atoms with Gasteiger partial charge in [-0.25, -0.2) is 4.98 Å². The standard InChI is InChI=1S/C11H17Cl2N3/c1-4-14-10-8(12)7-9(13)11(15-10)16(5-2)6-3/h7H,4-6H2,1-3H3,(H,14,15). The first-order chi connectivity index (χ1) is 7.63. The second-order valence-electron chi connectivity index (χ2n) is 3.33. The number of pyridine rings is 1. The van der Waals surface area contributed by atoms with Crippen molar-refractivity contribution in [2.45, 2.75) is 20.8 Å². The second kappa shape index (κ2) is 6.16. The highest BCUT2D eigenvalue weighted by Crippen LogP contribution is 2.31. The fourth-order valence-corrected chi connectivity index (χ4v) is 2.04. The molecule has 0 aliphatic heterocycles. The summed E-state index contributed by atoms with van der Waals surface area (Å²) in [6, 6.07) is 1.74. The summed E-state index contributed by atoms with van der Waals surface area (Å²) >= 11 is 12.2. The van der Waals surface area contributed by atoms with Gasteiger partial charge in [-0.15, -0.1) is 0 Å². The first-order valence-corrected chi connectivity index (χ1v) is 6.24. The smallest absolute Gasteiger partial charge is 0.149 e. The van der Waals surface area contributed by atoms with Crippen molar-refractivity contribution in [3.63, 3.8) is 0 Å². The van der Waals surface area contributed by atoms with E-state index in [1.54, 1.807) is 6.07 Å². The maximum Gasteiger partial charge on any atom is 0.149 e. The molecule has 0 saturated heterocycles. The highest BCUT2D eigenvalue weighted by atomic mass is 35.5. The van der Waals surface area contributed by atoms with Crippen LogP contribution in [0.15, 0.2) is 6.07 Å². The summed E-state index contributed by atoms with van der Waals surface area (Å²) < 4.78 is 0. The van der Waals surface area contributed by atoms with Crippen LogP contribution in [-0.4, -0.2) is 24.6 Å². The highest BCUT2D eigenvalue weighted by molar-refractivity contribution is 6.37. The van der Waals surface area contributed by atoms with Gasteiger partial charge in [-0.05, 0) is 26.8 Å². The fourth-order valence-electron chi connectivity index (χ4n) is 1.49. The van der Waals surface area contributed by atoms with Crippen LogP contribution in [0.1, 0.15) is 20.8 Å². The Morgan fingerprint density at radius 3 is 2.31 bits per heavy atom. The number of hydrogen-bond acceptors (Lipinski definition) is 3. The molecule has 1 heterocycles. The molecule has 5 heteroatoms. The predicted molar refractivity (Wildman–Crippen MR) is 72.0 cm³/mol. The SMILES string of the molecule is CCNc1nc(N(CC)CC)c(Cl)cc1Cl. The Bertz CT molecular complexity index is 351. The lowest BCUT2D eigenvalue weighted by Gasteiger charge is -2.22. The molecule has 0 radical (unpaired) electrons. The van der Waals surface area contributed by atoms with Crippen molar-refractivity contribution < 1.29 is 0 Å². The normalized spacial score (nSPS) is 10.3. The summed E-state index contributed by atoms with van der Waals surface area (Å²) in [5, 5.41) is 4.27. The van der Waals surface area contributed by atoms with Crippen LogP contribution in [0.25, 0.3) is 0 Å². The molecule has 0 amide bonds. The molecule has 0 aliphatic rings. The van der Waals surface area contributed by atoms with E-state index in [9.17, 15) is 0 Å². The largest absolute Gasteiger partial charge is 0.369 e. The van der Waals surface area contributed by atoms with E-state index < -0.39 is 0 Å². The molecule has 0 aromatic carbocycles. The van der Waals surface area contributed by atoms with Crippen LogP contribution in [0.5, 0.6) is 0 Å². The molecule has 3 nitrogen and oxygen atoms in total. The van der Waals surface area contributed by atoms with Gasteiger partial charge in [0, 0.05) is 19.6 Å². The number of anilines is 2. The van der Waals surface area contributed by atoms with Gasteiger partial charge in [-0.3, -0.25) is 0 Å². The third kappa shape index (κ3) is 2.92. The Morgan fingerprint density at radius 1 is 1.19 bits per heavy atom. The average Bonchev–Trinajstić information content (AvgIpc) is 2.26. The minimum Gasteiger partial charge on any atom is -0.369 e. The molecule has 0 spiro atoms. The molecule has 1 N–H and O–H groups in total. The Morgan fingerprint density at radius 2 is 1.81 bits per heavy atom. The van der Waals surface area contributed by atoms with Crippen molar-refractivity contribution in [1.29, 1.82) is 0 Å². The van der Waals surface area contributed by atoms with E-state index in [4.69, 9.17) is 23.2 Å². The van der Waals surface area contributed by atoms with E-state index in [1.807, 2.05) is 6.92 Å². The number of hydrogen-bond donors (Lipinski definition) is 1. The molecule has 0 fully saturated rings. The van der Waals surface area contributed by atoms with Crippen LogP contribution in [0.3, 0.4) is 0 Å². The van der Waals surface area contributed by atoms with Gasteiger partial charge >= 0.3 is 0 Å². The van der Waals surface area contributed by atoms with Crippen molar-refractivity contribution in [1.82, 2.24) is 4.98 Å². The summed E-state index contributed by atoms with van der Waals surface area (Å²) in [5.74, 6) is 1.47. The molecule has 0 aliphatic carbocycles. The zero-order valence-corrected chi connectivity index (χ0v) is 11.4. The molecule has 0 unspecified atom stereocenters. The van der Waals surface area contributed by atoms with E-state index in [2.05, 4.69) is 29.0 Å². The Kier molecular flexibility index (Phi) is 5.16. The molecule has 0 bridgehead atoms. The maximum atomic E-state index is 6.14. The van der Waals surface area contributed by atoms with E-state index in [0.29, 0.717) is 15.9 Å². The van der Waals surface area contributed by atoms with Crippen LogP contribution >= 0.6 is 23.2 Å². The Labute approximate surface area is 107 Å². The van der Waals surface area contributed by atoms with Gasteiger partial charge in [0.1, 0.15) is 11.6 Å². The summed E-state index contributed by atoms with van der Waals surface area (Å²) in [6.07, 6.45) is 0. The third-order valence-electron chi connectivity index (χ3n) is 2.32. The van der Waals surface area contributed by atoms with E-state index >= 15 is 0 Å². The Balaban J connectivity index is 3.12. The van der Waals surface area contributed by atoms with Crippen molar-refractivity contribution in [3.8, 4) is 0 Å². The summed E-state index contributed by atoms with van der Waals surface area (Å²) in [7, 11) is 0. The van der Waals surface area contributed by atoms with Gasteiger partial charge in [0.05, 0.1) is 10.0 Å². The van der Waals surface area contributed by atoms with Crippen LogP contribution in [0, 0.1) is 0 Å². The molecule has 16 heavy (non-hydrogen) atoms. The van der Waals surface area contributed by atoms with Gasteiger partial charge in [0.25, 0.3) is 0 Å². The van der Waals surface area contributed by atoms with E-state index in [1.165, 1.54) is 0 Å². The van der Waals surface area contributed by atoms with Gasteiger partial charge in [-0.2, -0.15) is 0 Å². The highest BCUT2D eigenvalue weighted by Gasteiger charge is 2.12. The molecule has 0 saturated carbocycles. The lowest BCUT2D eigenvalue weighted by molar-refractivity contribution is 0.846. The second-order valence-corrected chi connectivity index (χ2v) is 4.14. The zero-order chi connectivity index (χ0) is 12.1. The quantitative estimate of drug-likeness (QED) is 0.877. The fraction of sp³-hybridized carbons (Fsp3) is 0.545. The first kappa shape index (κ1) is 13.4.